The van der Waals surface area contributed by atoms with Crippen LogP contribution in [0.4, 0.5) is 0 Å². The molecule has 20 heavy (non-hydrogen) atoms. The van der Waals surface area contributed by atoms with Crippen LogP contribution in [0.25, 0.3) is 0 Å². The zero-order valence-corrected chi connectivity index (χ0v) is 12.4. The number of amides is 2. The van der Waals surface area contributed by atoms with Crippen LogP contribution in [0.2, 0.25) is 0 Å². The molecule has 1 saturated heterocycles. The number of likely N-dealkylation sites (N-methyl/N-ethyl adjacent to an activating group) is 1. The molecule has 0 unspecified atom stereocenters. The lowest BCUT2D eigenvalue weighted by atomic mass is 10.2. The van der Waals surface area contributed by atoms with Crippen molar-refractivity contribution in [2.45, 2.75) is 12.3 Å². The van der Waals surface area contributed by atoms with Crippen LogP contribution in [0.15, 0.2) is 24.3 Å². The Bertz CT molecular complexity index is 507. The Kier molecular flexibility index (Phi) is 4.89. The van der Waals surface area contributed by atoms with Crippen molar-refractivity contribution in [1.82, 2.24) is 10.2 Å². The summed E-state index contributed by atoms with van der Waals surface area (Å²) in [5, 5.41) is 2.55. The second-order valence-electron chi connectivity index (χ2n) is 4.38. The van der Waals surface area contributed by atoms with Gasteiger partial charge in [-0.25, -0.2) is 0 Å². The van der Waals surface area contributed by atoms with Gasteiger partial charge in [0.1, 0.15) is 17.7 Å². The van der Waals surface area contributed by atoms with Crippen LogP contribution < -0.4 is 10.1 Å². The third kappa shape index (κ3) is 3.07. The number of methoxy groups -OCH3 is 1. The van der Waals surface area contributed by atoms with Gasteiger partial charge >= 0.3 is 0 Å². The Morgan fingerprint density at radius 3 is 2.95 bits per heavy atom. The topological polar surface area (TPSA) is 58.6 Å². The van der Waals surface area contributed by atoms with Gasteiger partial charge in [0, 0.05) is 12.1 Å². The highest BCUT2D eigenvalue weighted by Crippen LogP contribution is 2.41. The first kappa shape index (κ1) is 14.7. The Hall–Kier alpha value is -1.69. The highest BCUT2D eigenvalue weighted by molar-refractivity contribution is 8.00. The van der Waals surface area contributed by atoms with Gasteiger partial charge in [-0.15, -0.1) is 11.8 Å². The molecule has 1 aliphatic heterocycles. The molecular weight excluding hydrogens is 276 g/mol. The molecule has 2 rings (SSSR count). The number of nitrogens with one attached hydrogen (secondary N) is 1. The summed E-state index contributed by atoms with van der Waals surface area (Å²) in [5.74, 6) is 0.975. The molecule has 1 aromatic carbocycles. The van der Waals surface area contributed by atoms with Gasteiger partial charge < -0.3 is 15.0 Å². The maximum atomic E-state index is 12.0. The molecule has 2 amide bonds. The van der Waals surface area contributed by atoms with Crippen molar-refractivity contribution in [3.8, 4) is 5.75 Å². The van der Waals surface area contributed by atoms with E-state index in [1.165, 1.54) is 11.8 Å². The molecule has 1 N–H and O–H groups in total. The molecular formula is C14H18N2O3S. The minimum absolute atomic E-state index is 0.0165. The van der Waals surface area contributed by atoms with Gasteiger partial charge in [0.25, 0.3) is 0 Å². The van der Waals surface area contributed by atoms with Crippen molar-refractivity contribution in [2.75, 3.05) is 26.0 Å². The van der Waals surface area contributed by atoms with E-state index in [0.717, 1.165) is 11.3 Å². The van der Waals surface area contributed by atoms with Crippen LogP contribution in [-0.4, -0.2) is 42.7 Å². The van der Waals surface area contributed by atoms with Crippen molar-refractivity contribution in [3.63, 3.8) is 0 Å². The monoisotopic (exact) mass is 294 g/mol. The third-order valence-electron chi connectivity index (χ3n) is 3.06. The molecule has 0 bridgehead atoms. The molecule has 1 fully saturated rings. The maximum Gasteiger partial charge on any atom is 0.239 e. The first-order valence-electron chi connectivity index (χ1n) is 6.48. The number of thioether (sulfide) groups is 1. The number of carbonyl (C=O) groups excluding carboxylic acids is 2. The van der Waals surface area contributed by atoms with Crippen LogP contribution >= 0.6 is 11.8 Å². The van der Waals surface area contributed by atoms with E-state index in [-0.39, 0.29) is 23.7 Å². The highest BCUT2D eigenvalue weighted by Gasteiger charge is 2.35. The molecule has 0 radical (unpaired) electrons. The van der Waals surface area contributed by atoms with Crippen LogP contribution in [0.1, 0.15) is 17.9 Å². The zero-order chi connectivity index (χ0) is 14.5. The van der Waals surface area contributed by atoms with Crippen LogP contribution in [0.5, 0.6) is 5.75 Å². The fraction of sp³-hybridized carbons (Fsp3) is 0.429. The first-order valence-corrected chi connectivity index (χ1v) is 7.53. The molecule has 0 saturated carbocycles. The average Bonchev–Trinajstić information content (AvgIpc) is 2.80. The molecule has 108 valence electrons. The Morgan fingerprint density at radius 1 is 1.50 bits per heavy atom. The minimum Gasteiger partial charge on any atom is -0.496 e. The fourth-order valence-electron chi connectivity index (χ4n) is 2.16. The van der Waals surface area contributed by atoms with Crippen molar-refractivity contribution in [3.05, 3.63) is 29.8 Å². The quantitative estimate of drug-likeness (QED) is 0.892. The molecule has 5 nitrogen and oxygen atoms in total. The lowest BCUT2D eigenvalue weighted by Crippen LogP contribution is -2.39. The van der Waals surface area contributed by atoms with Gasteiger partial charge in [-0.1, -0.05) is 18.2 Å². The average molecular weight is 294 g/mol. The normalized spacial score (nSPS) is 18.2. The van der Waals surface area contributed by atoms with Crippen molar-refractivity contribution >= 4 is 23.6 Å². The summed E-state index contributed by atoms with van der Waals surface area (Å²) in [6.45, 7) is 2.51. The van der Waals surface area contributed by atoms with E-state index in [1.54, 1.807) is 12.0 Å². The van der Waals surface area contributed by atoms with Gasteiger partial charge in [0.15, 0.2) is 0 Å². The number of benzene rings is 1. The number of hydrogen-bond donors (Lipinski definition) is 1. The van der Waals surface area contributed by atoms with E-state index in [1.807, 2.05) is 31.2 Å². The summed E-state index contributed by atoms with van der Waals surface area (Å²) in [4.78, 5) is 25.3. The molecule has 1 aromatic rings. The van der Waals surface area contributed by atoms with Crippen LogP contribution in [-0.2, 0) is 9.59 Å². The molecule has 1 aliphatic rings. The minimum atomic E-state index is -0.166. The van der Waals surface area contributed by atoms with Crippen LogP contribution in [0, 0.1) is 0 Å². The zero-order valence-electron chi connectivity index (χ0n) is 11.6. The Morgan fingerprint density at radius 2 is 2.25 bits per heavy atom. The Labute approximate surface area is 122 Å². The summed E-state index contributed by atoms with van der Waals surface area (Å²) in [6.07, 6.45) is 0. The number of hydrogen-bond acceptors (Lipinski definition) is 4. The van der Waals surface area contributed by atoms with Crippen molar-refractivity contribution < 1.29 is 14.3 Å². The van der Waals surface area contributed by atoms with E-state index < -0.39 is 0 Å². The lowest BCUT2D eigenvalue weighted by molar-refractivity contribution is -0.133. The Balaban J connectivity index is 2.21. The standard InChI is InChI=1S/C14H18N2O3S/c1-3-15-12(17)8-16-13(18)9-20-14(16)10-6-4-5-7-11(10)19-2/h4-7,14H,3,8-9H2,1-2H3,(H,15,17)/t14-/m1/s1. The second-order valence-corrected chi connectivity index (χ2v) is 5.45. The third-order valence-corrected chi connectivity index (χ3v) is 4.30. The number of carbonyl (C=O) groups is 2. The molecule has 0 aromatic heterocycles. The molecule has 0 aliphatic carbocycles. The van der Waals surface area contributed by atoms with E-state index in [0.29, 0.717) is 12.3 Å². The van der Waals surface area contributed by atoms with Gasteiger partial charge in [-0.05, 0) is 13.0 Å². The second kappa shape index (κ2) is 6.65. The number of para-hydroxylation sites is 1. The van der Waals surface area contributed by atoms with Gasteiger partial charge in [0.05, 0.1) is 12.9 Å². The number of rotatable bonds is 5. The molecule has 0 spiro atoms. The molecule has 1 heterocycles. The maximum absolute atomic E-state index is 12.0. The largest absolute Gasteiger partial charge is 0.496 e. The summed E-state index contributed by atoms with van der Waals surface area (Å²) in [6, 6.07) is 7.59. The predicted molar refractivity (Wildman–Crippen MR) is 78.6 cm³/mol. The fourth-order valence-corrected chi connectivity index (χ4v) is 3.37. The SMILES string of the molecule is CCNC(=O)CN1C(=O)CS[C@@H]1c1ccccc1OC. The summed E-state index contributed by atoms with van der Waals surface area (Å²) < 4.78 is 5.34. The molecule has 1 atom stereocenters. The summed E-state index contributed by atoms with van der Waals surface area (Å²) in [7, 11) is 1.61. The first-order chi connectivity index (χ1) is 9.67. The van der Waals surface area contributed by atoms with E-state index in [4.69, 9.17) is 4.74 Å². The lowest BCUT2D eigenvalue weighted by Gasteiger charge is -2.24. The van der Waals surface area contributed by atoms with Crippen molar-refractivity contribution in [1.29, 1.82) is 0 Å². The van der Waals surface area contributed by atoms with E-state index in [9.17, 15) is 9.59 Å². The van der Waals surface area contributed by atoms with Gasteiger partial charge in [0.2, 0.25) is 11.8 Å². The smallest absolute Gasteiger partial charge is 0.239 e. The highest BCUT2D eigenvalue weighted by atomic mass is 32.2. The van der Waals surface area contributed by atoms with Crippen LogP contribution in [0.3, 0.4) is 0 Å². The number of ether oxygens (including phenoxy) is 1. The summed E-state index contributed by atoms with van der Waals surface area (Å²) in [5.41, 5.74) is 0.926. The van der Waals surface area contributed by atoms with Gasteiger partial charge in [-0.3, -0.25) is 9.59 Å². The predicted octanol–water partition coefficient (Wildman–Crippen LogP) is 1.41. The van der Waals surface area contributed by atoms with Crippen molar-refractivity contribution in [2.24, 2.45) is 0 Å². The van der Waals surface area contributed by atoms with Gasteiger partial charge in [-0.2, -0.15) is 0 Å². The number of nitrogens with zero attached hydrogens (tertiary/aromatic N) is 1. The summed E-state index contributed by atoms with van der Waals surface area (Å²) >= 11 is 1.52. The van der Waals surface area contributed by atoms with E-state index in [2.05, 4.69) is 5.32 Å². The van der Waals surface area contributed by atoms with E-state index >= 15 is 0 Å². The molecule has 6 heteroatoms.